The highest BCUT2D eigenvalue weighted by molar-refractivity contribution is 8.57. The van der Waals surface area contributed by atoms with Crippen molar-refractivity contribution in [2.24, 2.45) is 0 Å². The Morgan fingerprint density at radius 1 is 0.875 bits per heavy atom. The fourth-order valence-electron chi connectivity index (χ4n) is 1.25. The Morgan fingerprint density at radius 2 is 1.38 bits per heavy atom. The van der Waals surface area contributed by atoms with Crippen LogP contribution in [0.25, 0.3) is 0 Å². The highest BCUT2D eigenvalue weighted by Gasteiger charge is 2.15. The quantitative estimate of drug-likeness (QED) is 0.843. The van der Waals surface area contributed by atoms with Crippen molar-refractivity contribution in [1.82, 2.24) is 0 Å². The van der Waals surface area contributed by atoms with Crippen molar-refractivity contribution >= 4 is 28.9 Å². The van der Waals surface area contributed by atoms with Crippen molar-refractivity contribution in [3.8, 4) is 0 Å². The number of hydrogen-bond donors (Lipinski definition) is 1. The monoisotopic (exact) mass is 267 g/mol. The molecule has 0 amide bonds. The van der Waals surface area contributed by atoms with Gasteiger partial charge in [-0.05, 0) is 12.1 Å². The molecule has 1 atom stereocenters. The van der Waals surface area contributed by atoms with Gasteiger partial charge in [0.1, 0.15) is 0 Å². The molecule has 2 rings (SSSR count). The number of hydrogen-bond acceptors (Lipinski definition) is 1. The average Bonchev–Trinajstić information content (AvgIpc) is 2.31. The smallest absolute Gasteiger partial charge is 0.287 e. The lowest BCUT2D eigenvalue weighted by Gasteiger charge is -1.95. The molecule has 4 heteroatoms. The highest BCUT2D eigenvalue weighted by atomic mass is 33.1. The van der Waals surface area contributed by atoms with Gasteiger partial charge >= 0.3 is 0 Å². The zero-order chi connectivity index (χ0) is 11.4. The van der Waals surface area contributed by atoms with Crippen molar-refractivity contribution in [2.75, 3.05) is 0 Å². The third-order valence-electron chi connectivity index (χ3n) is 1.99. The lowest BCUT2D eigenvalue weighted by atomic mass is 10.4. The molecule has 0 aromatic heterocycles. The second-order valence-corrected chi connectivity index (χ2v) is 9.27. The first-order chi connectivity index (χ1) is 7.68. The van der Waals surface area contributed by atoms with Crippen LogP contribution in [0.4, 0.5) is 0 Å². The van der Waals surface area contributed by atoms with Crippen LogP contribution in [0.2, 0.25) is 0 Å². The molecule has 16 heavy (non-hydrogen) atoms. The molecule has 1 nitrogen and oxygen atoms in total. The zero-order valence-corrected chi connectivity index (χ0v) is 10.9. The molecule has 0 radical (unpaired) electrons. The van der Waals surface area contributed by atoms with Gasteiger partial charge in [-0.1, -0.05) is 36.4 Å². The minimum absolute atomic E-state index is 0.818. The van der Waals surface area contributed by atoms with E-state index in [4.69, 9.17) is 11.2 Å². The first-order valence-electron chi connectivity index (χ1n) is 4.75. The van der Waals surface area contributed by atoms with Gasteiger partial charge in [-0.15, -0.1) is 0 Å². The minimum atomic E-state index is -2.21. The summed E-state index contributed by atoms with van der Waals surface area (Å²) in [4.78, 5) is 1.82. The Morgan fingerprint density at radius 3 is 1.94 bits per heavy atom. The maximum absolute atomic E-state index is 10.3. The van der Waals surface area contributed by atoms with Gasteiger partial charge in [0, 0.05) is 23.3 Å². The Kier molecular flexibility index (Phi) is 3.66. The van der Waals surface area contributed by atoms with E-state index in [1.165, 1.54) is 10.3 Å². The topological polar surface area (TPSA) is 20.2 Å². The van der Waals surface area contributed by atoms with Gasteiger partial charge in [0.25, 0.3) is 10.3 Å². The van der Waals surface area contributed by atoms with E-state index in [1.54, 1.807) is 0 Å². The van der Waals surface area contributed by atoms with Crippen LogP contribution in [0.3, 0.4) is 0 Å². The third-order valence-corrected chi connectivity index (χ3v) is 6.57. The van der Waals surface area contributed by atoms with Crippen molar-refractivity contribution < 1.29 is 4.55 Å². The van der Waals surface area contributed by atoms with Gasteiger partial charge in [-0.2, -0.15) is 0 Å². The predicted octanol–water partition coefficient (Wildman–Crippen LogP) is 3.19. The molecule has 0 saturated carbocycles. The Bertz CT molecular complexity index is 570. The molecule has 1 N–H and O–H groups in total. The summed E-state index contributed by atoms with van der Waals surface area (Å²) < 4.78 is 10.3. The fraction of sp³-hybridized carbons (Fsp3) is 0. The second-order valence-electron chi connectivity index (χ2n) is 3.18. The van der Waals surface area contributed by atoms with Crippen LogP contribution < -0.4 is 0 Å². The molecule has 0 aliphatic carbocycles. The fourth-order valence-corrected chi connectivity index (χ4v) is 5.15. The molecule has 2 aromatic rings. The normalized spacial score (nSPS) is 14.1. The van der Waals surface area contributed by atoms with Crippen molar-refractivity contribution in [3.63, 3.8) is 0 Å². The molecule has 82 valence electrons. The van der Waals surface area contributed by atoms with E-state index < -0.39 is 7.43 Å². The van der Waals surface area contributed by atoms with Gasteiger partial charge in [0.15, 0.2) is 0 Å². The van der Waals surface area contributed by atoms with Crippen LogP contribution in [-0.2, 0) is 28.9 Å². The first-order valence-corrected chi connectivity index (χ1v) is 8.59. The van der Waals surface area contributed by atoms with E-state index in [2.05, 4.69) is 0 Å². The molecular weight excluding hydrogens is 256 g/mol. The van der Waals surface area contributed by atoms with Crippen molar-refractivity contribution in [3.05, 3.63) is 60.7 Å². The lowest BCUT2D eigenvalue weighted by molar-refractivity contribution is 0.654. The minimum Gasteiger partial charge on any atom is -0.290 e. The van der Waals surface area contributed by atoms with Crippen molar-refractivity contribution in [1.29, 1.82) is 0 Å². The summed E-state index contributed by atoms with van der Waals surface area (Å²) >= 11 is 5.29. The van der Waals surface area contributed by atoms with E-state index >= 15 is 0 Å². The maximum atomic E-state index is 10.3. The van der Waals surface area contributed by atoms with Crippen LogP contribution in [-0.4, -0.2) is 4.55 Å². The van der Waals surface area contributed by atoms with E-state index in [1.807, 2.05) is 60.7 Å². The molecule has 0 spiro atoms. The van der Waals surface area contributed by atoms with Gasteiger partial charge < -0.3 is 0 Å². The van der Waals surface area contributed by atoms with Gasteiger partial charge in [-0.25, -0.2) is 0 Å². The molecule has 2 aromatic carbocycles. The average molecular weight is 267 g/mol. The summed E-state index contributed by atoms with van der Waals surface area (Å²) in [5.74, 6) is 0. The standard InChI is InChI=1S/C12H10OS3/c13-16(14,12-9-5-2-6-10-12)15-11-7-3-1-4-8-11/h1-10H/p+1. The van der Waals surface area contributed by atoms with Crippen LogP contribution in [0, 0.1) is 0 Å². The molecule has 0 heterocycles. The summed E-state index contributed by atoms with van der Waals surface area (Å²) in [5.41, 5.74) is 0. The second kappa shape index (κ2) is 5.01. The largest absolute Gasteiger partial charge is 0.290 e. The Labute approximate surface area is 104 Å². The summed E-state index contributed by atoms with van der Waals surface area (Å²) in [7, 11) is -0.861. The predicted molar refractivity (Wildman–Crippen MR) is 74.1 cm³/mol. The van der Waals surface area contributed by atoms with E-state index in [0.29, 0.717) is 0 Å². The van der Waals surface area contributed by atoms with E-state index in [9.17, 15) is 4.55 Å². The van der Waals surface area contributed by atoms with E-state index in [0.717, 1.165) is 9.79 Å². The number of benzene rings is 2. The zero-order valence-electron chi connectivity index (χ0n) is 8.45. The molecule has 0 aliphatic heterocycles. The van der Waals surface area contributed by atoms with Crippen LogP contribution >= 0.6 is 0 Å². The SMILES string of the molecule is OS(=S)(=[S+]c1ccccc1)c1ccccc1. The third kappa shape index (κ3) is 2.86. The summed E-state index contributed by atoms with van der Waals surface area (Å²) in [6.45, 7) is 0. The maximum Gasteiger partial charge on any atom is 0.287 e. The molecule has 0 saturated heterocycles. The lowest BCUT2D eigenvalue weighted by Crippen LogP contribution is -1.97. The summed E-state index contributed by atoms with van der Waals surface area (Å²) in [5, 5.41) is 0. The van der Waals surface area contributed by atoms with Gasteiger partial charge in [0.2, 0.25) is 12.3 Å². The highest BCUT2D eigenvalue weighted by Crippen LogP contribution is 2.12. The Balaban J connectivity index is 2.48. The molecule has 0 bridgehead atoms. The molecule has 0 aliphatic rings. The van der Waals surface area contributed by atoms with Crippen LogP contribution in [0.15, 0.2) is 70.5 Å². The van der Waals surface area contributed by atoms with Crippen LogP contribution in [0.1, 0.15) is 0 Å². The molecule has 1 unspecified atom stereocenters. The van der Waals surface area contributed by atoms with Gasteiger partial charge in [-0.3, -0.25) is 4.55 Å². The number of rotatable bonds is 2. The summed E-state index contributed by atoms with van der Waals surface area (Å²) in [6.07, 6.45) is 0. The molecular formula is C12H11OS3+. The Hall–Kier alpha value is -0.810. The van der Waals surface area contributed by atoms with E-state index in [-0.39, 0.29) is 0 Å². The first kappa shape index (κ1) is 11.7. The van der Waals surface area contributed by atoms with Crippen molar-refractivity contribution in [2.45, 2.75) is 9.79 Å². The van der Waals surface area contributed by atoms with Crippen LogP contribution in [0.5, 0.6) is 0 Å². The molecule has 0 fully saturated rings. The van der Waals surface area contributed by atoms with Gasteiger partial charge in [0.05, 0.1) is 4.90 Å². The summed E-state index contributed by atoms with van der Waals surface area (Å²) in [6, 6.07) is 19.2.